The third-order valence-electron chi connectivity index (χ3n) is 5.35. The van der Waals surface area contributed by atoms with Gasteiger partial charge < -0.3 is 29.9 Å². The van der Waals surface area contributed by atoms with E-state index in [1.54, 1.807) is 7.11 Å². The van der Waals surface area contributed by atoms with Crippen molar-refractivity contribution >= 4 is 23.6 Å². The maximum absolute atomic E-state index is 12.5. The number of rotatable bonds is 6. The molecule has 0 aliphatic carbocycles. The highest BCUT2D eigenvalue weighted by Gasteiger charge is 2.21. The van der Waals surface area contributed by atoms with E-state index < -0.39 is 0 Å². The molecule has 4 rings (SSSR count). The number of aryl methyl sites for hydroxylation is 1. The Kier molecular flexibility index (Phi) is 6.66. The first-order valence-electron chi connectivity index (χ1n) is 10.6. The van der Waals surface area contributed by atoms with Crippen molar-refractivity contribution in [3.05, 3.63) is 29.6 Å². The largest absolute Gasteiger partial charge is 0.495 e. The van der Waals surface area contributed by atoms with Crippen LogP contribution < -0.4 is 25.2 Å². The summed E-state index contributed by atoms with van der Waals surface area (Å²) < 4.78 is 10.8. The number of hydrogen-bond donors (Lipinski definition) is 2. The van der Waals surface area contributed by atoms with Gasteiger partial charge in [0.2, 0.25) is 11.9 Å². The Balaban J connectivity index is 1.47. The molecule has 0 radical (unpaired) electrons. The van der Waals surface area contributed by atoms with Gasteiger partial charge in [0.1, 0.15) is 5.75 Å². The van der Waals surface area contributed by atoms with Gasteiger partial charge in [0.15, 0.2) is 5.82 Å². The number of aromatic nitrogens is 3. The summed E-state index contributed by atoms with van der Waals surface area (Å²) in [5, 5.41) is 5.68. The number of carbonyl (C=O) groups excluding carboxylic acids is 1. The molecule has 0 bridgehead atoms. The van der Waals surface area contributed by atoms with Gasteiger partial charge >= 0.3 is 6.03 Å². The van der Waals surface area contributed by atoms with Gasteiger partial charge in [-0.1, -0.05) is 6.07 Å². The minimum Gasteiger partial charge on any atom is -0.495 e. The number of morpholine rings is 1. The first-order valence-corrected chi connectivity index (χ1v) is 10.6. The molecule has 2 saturated heterocycles. The van der Waals surface area contributed by atoms with Crippen molar-refractivity contribution in [3.8, 4) is 5.75 Å². The van der Waals surface area contributed by atoms with Gasteiger partial charge in [-0.05, 0) is 37.5 Å². The van der Waals surface area contributed by atoms with Crippen molar-refractivity contribution in [2.45, 2.75) is 26.3 Å². The molecule has 10 nitrogen and oxygen atoms in total. The molecule has 2 aliphatic rings. The summed E-state index contributed by atoms with van der Waals surface area (Å²) in [6, 6.07) is 5.27. The van der Waals surface area contributed by atoms with Gasteiger partial charge in [0.05, 0.1) is 32.6 Å². The monoisotopic (exact) mass is 427 g/mol. The summed E-state index contributed by atoms with van der Waals surface area (Å²) in [6.45, 7) is 6.81. The maximum Gasteiger partial charge on any atom is 0.319 e. The van der Waals surface area contributed by atoms with E-state index in [2.05, 4.69) is 30.4 Å². The second-order valence-electron chi connectivity index (χ2n) is 7.66. The van der Waals surface area contributed by atoms with Crippen molar-refractivity contribution in [1.29, 1.82) is 0 Å². The molecule has 2 aromatic rings. The van der Waals surface area contributed by atoms with Crippen LogP contribution in [0.1, 0.15) is 24.2 Å². The Morgan fingerprint density at radius 3 is 2.42 bits per heavy atom. The van der Waals surface area contributed by atoms with E-state index >= 15 is 0 Å². The molecular formula is C21H29N7O3. The van der Waals surface area contributed by atoms with Crippen molar-refractivity contribution in [2.24, 2.45) is 0 Å². The lowest BCUT2D eigenvalue weighted by atomic mass is 10.2. The number of nitrogens with one attached hydrogen (secondary N) is 2. The summed E-state index contributed by atoms with van der Waals surface area (Å²) in [7, 11) is 1.58. The van der Waals surface area contributed by atoms with Crippen LogP contribution in [0.4, 0.5) is 22.4 Å². The molecule has 31 heavy (non-hydrogen) atoms. The lowest BCUT2D eigenvalue weighted by Crippen LogP contribution is -2.38. The predicted octanol–water partition coefficient (Wildman–Crippen LogP) is 1.95. The molecule has 2 N–H and O–H groups in total. The van der Waals surface area contributed by atoms with E-state index in [4.69, 9.17) is 14.5 Å². The molecule has 10 heteroatoms. The molecule has 0 saturated carbocycles. The van der Waals surface area contributed by atoms with Crippen LogP contribution in [0.25, 0.3) is 0 Å². The minimum absolute atomic E-state index is 0.195. The standard InChI is InChI=1S/C21H29N7O3/c1-15-5-6-17(30-2)16(13-15)23-21(29)22-14-18-24-19(27-7-3-4-8-27)26-20(25-18)28-9-11-31-12-10-28/h5-6,13H,3-4,7-12,14H2,1-2H3,(H2,22,23,29). The van der Waals surface area contributed by atoms with Crippen molar-refractivity contribution < 1.29 is 14.3 Å². The fourth-order valence-electron chi connectivity index (χ4n) is 3.68. The van der Waals surface area contributed by atoms with Crippen LogP contribution in [-0.4, -0.2) is 67.5 Å². The minimum atomic E-state index is -0.347. The zero-order valence-electron chi connectivity index (χ0n) is 18.1. The Bertz CT molecular complexity index is 912. The number of nitrogens with zero attached hydrogens (tertiary/aromatic N) is 5. The summed E-state index contributed by atoms with van der Waals surface area (Å²) in [4.78, 5) is 30.7. The summed E-state index contributed by atoms with van der Waals surface area (Å²) in [6.07, 6.45) is 2.26. The van der Waals surface area contributed by atoms with Gasteiger partial charge in [-0.15, -0.1) is 0 Å². The zero-order chi connectivity index (χ0) is 21.6. The lowest BCUT2D eigenvalue weighted by Gasteiger charge is -2.28. The number of anilines is 3. The second-order valence-corrected chi connectivity index (χ2v) is 7.66. The average molecular weight is 428 g/mol. The van der Waals surface area contributed by atoms with Crippen molar-refractivity contribution in [3.63, 3.8) is 0 Å². The predicted molar refractivity (Wildman–Crippen MR) is 118 cm³/mol. The van der Waals surface area contributed by atoms with Crippen LogP contribution >= 0.6 is 0 Å². The molecule has 0 spiro atoms. The van der Waals surface area contributed by atoms with E-state index in [0.717, 1.165) is 44.6 Å². The molecule has 2 fully saturated rings. The zero-order valence-corrected chi connectivity index (χ0v) is 18.1. The van der Waals surface area contributed by atoms with Gasteiger partial charge in [-0.25, -0.2) is 4.79 Å². The molecule has 0 unspecified atom stereocenters. The highest BCUT2D eigenvalue weighted by Crippen LogP contribution is 2.25. The number of hydrogen-bond acceptors (Lipinski definition) is 8. The van der Waals surface area contributed by atoms with E-state index in [0.29, 0.717) is 42.4 Å². The van der Waals surface area contributed by atoms with Crippen LogP contribution in [0.3, 0.4) is 0 Å². The number of benzene rings is 1. The number of amides is 2. The quantitative estimate of drug-likeness (QED) is 0.721. The topological polar surface area (TPSA) is 105 Å². The van der Waals surface area contributed by atoms with Gasteiger partial charge in [0.25, 0.3) is 0 Å². The first-order chi connectivity index (χ1) is 15.1. The molecule has 2 amide bonds. The third kappa shape index (κ3) is 5.32. The van der Waals surface area contributed by atoms with Crippen LogP contribution in [0.2, 0.25) is 0 Å². The molecule has 2 aliphatic heterocycles. The van der Waals surface area contributed by atoms with E-state index in [1.807, 2.05) is 25.1 Å². The molecular weight excluding hydrogens is 398 g/mol. The number of carbonyl (C=O) groups is 1. The summed E-state index contributed by atoms with van der Waals surface area (Å²) >= 11 is 0. The average Bonchev–Trinajstić information content (AvgIpc) is 3.33. The number of urea groups is 1. The van der Waals surface area contributed by atoms with Crippen molar-refractivity contribution in [1.82, 2.24) is 20.3 Å². The molecule has 0 atom stereocenters. The lowest BCUT2D eigenvalue weighted by molar-refractivity contribution is 0.122. The van der Waals surface area contributed by atoms with Crippen LogP contribution in [0.5, 0.6) is 5.75 Å². The SMILES string of the molecule is COc1ccc(C)cc1NC(=O)NCc1nc(N2CCCC2)nc(N2CCOCC2)n1. The molecule has 3 heterocycles. The Morgan fingerprint density at radius 2 is 1.74 bits per heavy atom. The van der Waals surface area contributed by atoms with Gasteiger partial charge in [-0.3, -0.25) is 0 Å². The maximum atomic E-state index is 12.5. The van der Waals surface area contributed by atoms with E-state index in [1.165, 1.54) is 0 Å². The fraction of sp³-hybridized carbons (Fsp3) is 0.524. The second kappa shape index (κ2) is 9.78. The highest BCUT2D eigenvalue weighted by molar-refractivity contribution is 5.91. The van der Waals surface area contributed by atoms with Crippen LogP contribution in [-0.2, 0) is 11.3 Å². The van der Waals surface area contributed by atoms with Crippen molar-refractivity contribution in [2.75, 3.05) is 61.6 Å². The third-order valence-corrected chi connectivity index (χ3v) is 5.35. The first kappa shape index (κ1) is 21.1. The Morgan fingerprint density at radius 1 is 1.06 bits per heavy atom. The van der Waals surface area contributed by atoms with E-state index in [9.17, 15) is 4.79 Å². The summed E-state index contributed by atoms with van der Waals surface area (Å²) in [5.41, 5.74) is 1.64. The highest BCUT2D eigenvalue weighted by atomic mass is 16.5. The number of ether oxygens (including phenoxy) is 2. The van der Waals surface area contributed by atoms with Gasteiger partial charge in [0, 0.05) is 26.2 Å². The molecule has 1 aromatic heterocycles. The Labute approximate surface area is 182 Å². The number of methoxy groups -OCH3 is 1. The molecule has 166 valence electrons. The fourth-order valence-corrected chi connectivity index (χ4v) is 3.68. The van der Waals surface area contributed by atoms with E-state index in [-0.39, 0.29) is 12.6 Å². The van der Waals surface area contributed by atoms with Crippen LogP contribution in [0.15, 0.2) is 18.2 Å². The van der Waals surface area contributed by atoms with Crippen LogP contribution in [0, 0.1) is 6.92 Å². The smallest absolute Gasteiger partial charge is 0.319 e. The normalized spacial score (nSPS) is 16.3. The summed E-state index contributed by atoms with van der Waals surface area (Å²) in [5.74, 6) is 2.45. The molecule has 1 aromatic carbocycles. The van der Waals surface area contributed by atoms with Gasteiger partial charge in [-0.2, -0.15) is 15.0 Å². The Hall–Kier alpha value is -3.14.